The maximum atomic E-state index is 11.2. The van der Waals surface area contributed by atoms with Crippen molar-refractivity contribution in [3.8, 4) is 5.75 Å². The van der Waals surface area contributed by atoms with Gasteiger partial charge in [0, 0.05) is 0 Å². The van der Waals surface area contributed by atoms with E-state index in [1.165, 1.54) is 0 Å². The van der Waals surface area contributed by atoms with Gasteiger partial charge in [0.1, 0.15) is 17.9 Å². The van der Waals surface area contributed by atoms with Gasteiger partial charge in [-0.15, -0.1) is 0 Å². The highest BCUT2D eigenvalue weighted by Gasteiger charge is 2.11. The third kappa shape index (κ3) is 3.44. The zero-order valence-electron chi connectivity index (χ0n) is 10.7. The van der Waals surface area contributed by atoms with Gasteiger partial charge < -0.3 is 9.84 Å². The number of carbonyl (C=O) groups is 1. The molecule has 0 aromatic heterocycles. The van der Waals surface area contributed by atoms with Crippen LogP contribution in [-0.2, 0) is 6.61 Å². The van der Waals surface area contributed by atoms with E-state index in [0.717, 1.165) is 11.1 Å². The zero-order chi connectivity index (χ0) is 14.7. The van der Waals surface area contributed by atoms with Crippen molar-refractivity contribution in [1.82, 2.24) is 0 Å². The number of ether oxygens (including phenoxy) is 1. The number of carboxylic acid groups (broad SMARTS) is 1. The topological polar surface area (TPSA) is 46.5 Å². The highest BCUT2D eigenvalue weighted by atomic mass is 35.5. The highest BCUT2D eigenvalue weighted by molar-refractivity contribution is 6.42. The molecule has 3 nitrogen and oxygen atoms in total. The Morgan fingerprint density at radius 1 is 1.15 bits per heavy atom. The molecule has 5 heteroatoms. The van der Waals surface area contributed by atoms with Crippen LogP contribution in [0.2, 0.25) is 10.0 Å². The van der Waals surface area contributed by atoms with Crippen LogP contribution >= 0.6 is 23.2 Å². The van der Waals surface area contributed by atoms with Crippen LogP contribution in [0.3, 0.4) is 0 Å². The average molecular weight is 311 g/mol. The average Bonchev–Trinajstić information content (AvgIpc) is 2.41. The van der Waals surface area contributed by atoms with Crippen molar-refractivity contribution in [2.75, 3.05) is 0 Å². The molecule has 0 bridgehead atoms. The smallest absolute Gasteiger partial charge is 0.339 e. The monoisotopic (exact) mass is 310 g/mol. The van der Waals surface area contributed by atoms with Crippen LogP contribution in [0.5, 0.6) is 5.75 Å². The van der Waals surface area contributed by atoms with Gasteiger partial charge in [-0.1, -0.05) is 40.9 Å². The van der Waals surface area contributed by atoms with Gasteiger partial charge in [0.25, 0.3) is 0 Å². The van der Waals surface area contributed by atoms with Crippen LogP contribution in [0.4, 0.5) is 0 Å². The van der Waals surface area contributed by atoms with Crippen LogP contribution < -0.4 is 4.74 Å². The largest absolute Gasteiger partial charge is 0.488 e. The zero-order valence-corrected chi connectivity index (χ0v) is 12.2. The molecule has 0 fully saturated rings. The summed E-state index contributed by atoms with van der Waals surface area (Å²) in [4.78, 5) is 11.2. The number of aromatic carboxylic acids is 1. The summed E-state index contributed by atoms with van der Waals surface area (Å²) in [7, 11) is 0. The van der Waals surface area contributed by atoms with Crippen molar-refractivity contribution in [3.63, 3.8) is 0 Å². The molecule has 2 aromatic carbocycles. The minimum atomic E-state index is -1.02. The molecule has 0 saturated carbocycles. The summed E-state index contributed by atoms with van der Waals surface area (Å²) < 4.78 is 5.55. The van der Waals surface area contributed by atoms with Crippen LogP contribution in [-0.4, -0.2) is 11.1 Å². The Bertz CT molecular complexity index is 654. The lowest BCUT2D eigenvalue weighted by atomic mass is 10.1. The number of carboxylic acids is 1. The van der Waals surface area contributed by atoms with E-state index < -0.39 is 5.97 Å². The molecular formula is C15H12Cl2O3. The van der Waals surface area contributed by atoms with E-state index in [-0.39, 0.29) is 12.2 Å². The molecule has 20 heavy (non-hydrogen) atoms. The molecule has 0 heterocycles. The number of halogens is 2. The quantitative estimate of drug-likeness (QED) is 0.899. The summed E-state index contributed by atoms with van der Waals surface area (Å²) in [5, 5.41) is 10.1. The van der Waals surface area contributed by atoms with Gasteiger partial charge in [0.05, 0.1) is 10.0 Å². The number of hydrogen-bond acceptors (Lipinski definition) is 2. The Balaban J connectivity index is 2.18. The molecule has 0 spiro atoms. The second-order valence-electron chi connectivity index (χ2n) is 4.34. The van der Waals surface area contributed by atoms with E-state index in [2.05, 4.69) is 0 Å². The molecule has 2 aromatic rings. The van der Waals surface area contributed by atoms with Gasteiger partial charge in [-0.05, 0) is 36.8 Å². The van der Waals surface area contributed by atoms with Crippen molar-refractivity contribution in [3.05, 3.63) is 63.1 Å². The molecule has 1 N–H and O–H groups in total. The van der Waals surface area contributed by atoms with Crippen LogP contribution in [0.25, 0.3) is 0 Å². The highest BCUT2D eigenvalue weighted by Crippen LogP contribution is 2.25. The van der Waals surface area contributed by atoms with Crippen LogP contribution in [0.15, 0.2) is 36.4 Å². The van der Waals surface area contributed by atoms with Crippen molar-refractivity contribution >= 4 is 29.2 Å². The molecule has 0 aliphatic heterocycles. The molecule has 0 radical (unpaired) electrons. The fourth-order valence-corrected chi connectivity index (χ4v) is 2.05. The van der Waals surface area contributed by atoms with Gasteiger partial charge in [-0.25, -0.2) is 4.79 Å². The van der Waals surface area contributed by atoms with Gasteiger partial charge in [-0.3, -0.25) is 0 Å². The van der Waals surface area contributed by atoms with E-state index >= 15 is 0 Å². The summed E-state index contributed by atoms with van der Waals surface area (Å²) in [6.45, 7) is 2.05. The molecule has 0 aliphatic carbocycles. The molecule has 0 aliphatic rings. The normalized spacial score (nSPS) is 10.3. The van der Waals surface area contributed by atoms with E-state index in [9.17, 15) is 4.79 Å². The Morgan fingerprint density at radius 2 is 1.90 bits per heavy atom. The van der Waals surface area contributed by atoms with Crippen LogP contribution in [0, 0.1) is 6.92 Å². The van der Waals surface area contributed by atoms with E-state index in [1.54, 1.807) is 36.4 Å². The molecular weight excluding hydrogens is 299 g/mol. The summed E-state index contributed by atoms with van der Waals surface area (Å²) >= 11 is 11.7. The number of benzene rings is 2. The summed E-state index contributed by atoms with van der Waals surface area (Å²) in [5.41, 5.74) is 1.82. The van der Waals surface area contributed by atoms with Crippen molar-refractivity contribution in [2.24, 2.45) is 0 Å². The lowest BCUT2D eigenvalue weighted by Gasteiger charge is -2.10. The maximum Gasteiger partial charge on any atom is 0.339 e. The first-order chi connectivity index (χ1) is 9.47. The molecule has 104 valence electrons. The van der Waals surface area contributed by atoms with Gasteiger partial charge in [0.15, 0.2) is 0 Å². The lowest BCUT2D eigenvalue weighted by molar-refractivity contribution is 0.0691. The third-order valence-corrected chi connectivity index (χ3v) is 3.48. The van der Waals surface area contributed by atoms with Gasteiger partial charge >= 0.3 is 5.97 Å². The maximum absolute atomic E-state index is 11.2. The van der Waals surface area contributed by atoms with E-state index in [1.807, 2.05) is 6.92 Å². The second kappa shape index (κ2) is 6.16. The molecule has 0 amide bonds. The Morgan fingerprint density at radius 3 is 2.55 bits per heavy atom. The van der Waals surface area contributed by atoms with Crippen molar-refractivity contribution < 1.29 is 14.6 Å². The fraction of sp³-hybridized carbons (Fsp3) is 0.133. The second-order valence-corrected chi connectivity index (χ2v) is 5.16. The Hall–Kier alpha value is -1.71. The third-order valence-electron chi connectivity index (χ3n) is 2.74. The predicted octanol–water partition coefficient (Wildman–Crippen LogP) is 4.58. The Kier molecular flexibility index (Phi) is 4.53. The lowest BCUT2D eigenvalue weighted by Crippen LogP contribution is -2.04. The van der Waals surface area contributed by atoms with E-state index in [4.69, 9.17) is 33.0 Å². The van der Waals surface area contributed by atoms with Crippen molar-refractivity contribution in [1.29, 1.82) is 0 Å². The number of hydrogen-bond donors (Lipinski definition) is 1. The molecule has 0 saturated heterocycles. The number of rotatable bonds is 4. The first-order valence-corrected chi connectivity index (χ1v) is 6.63. The molecule has 2 rings (SSSR count). The summed E-state index contributed by atoms with van der Waals surface area (Å²) in [6, 6.07) is 10.2. The summed E-state index contributed by atoms with van der Waals surface area (Å²) in [5.74, 6) is -0.688. The molecule has 0 unspecified atom stereocenters. The SMILES string of the molecule is Cc1ccc(OCc2ccc(Cl)c(Cl)c2)c(C(=O)O)c1. The predicted molar refractivity (Wildman–Crippen MR) is 78.9 cm³/mol. The summed E-state index contributed by atoms with van der Waals surface area (Å²) in [6.07, 6.45) is 0. The fourth-order valence-electron chi connectivity index (χ4n) is 1.73. The standard InChI is InChI=1S/C15H12Cl2O3/c1-9-2-5-14(11(6-9)15(18)19)20-8-10-3-4-12(16)13(17)7-10/h2-7H,8H2,1H3,(H,18,19). The minimum Gasteiger partial charge on any atom is -0.488 e. The van der Waals surface area contributed by atoms with Crippen molar-refractivity contribution in [2.45, 2.75) is 13.5 Å². The Labute approximate surface area is 126 Å². The van der Waals surface area contributed by atoms with Crippen LogP contribution in [0.1, 0.15) is 21.5 Å². The first kappa shape index (κ1) is 14.7. The van der Waals surface area contributed by atoms with Gasteiger partial charge in [-0.2, -0.15) is 0 Å². The number of aryl methyl sites for hydroxylation is 1. The molecule has 0 atom stereocenters. The minimum absolute atomic E-state index is 0.144. The van der Waals surface area contributed by atoms with Gasteiger partial charge in [0.2, 0.25) is 0 Å². The first-order valence-electron chi connectivity index (χ1n) is 5.88. The van der Waals surface area contributed by atoms with E-state index in [0.29, 0.717) is 15.8 Å².